The molecule has 2 aromatic heterocycles. The van der Waals surface area contributed by atoms with Crippen molar-refractivity contribution >= 4 is 62.0 Å². The van der Waals surface area contributed by atoms with Gasteiger partial charge in [-0.1, -0.05) is 17.7 Å². The number of primary amides is 1. The van der Waals surface area contributed by atoms with Gasteiger partial charge in [-0.3, -0.25) is 14.9 Å². The van der Waals surface area contributed by atoms with E-state index in [2.05, 4.69) is 20.6 Å². The molecule has 1 aromatic carbocycles. The fraction of sp³-hybridized carbons (Fsp3) is 0.0667. The summed E-state index contributed by atoms with van der Waals surface area (Å²) in [5, 5.41) is 10.6. The van der Waals surface area contributed by atoms with E-state index >= 15 is 0 Å². The number of nitrogens with one attached hydrogen (secondary N) is 2. The Morgan fingerprint density at radius 2 is 1.96 bits per heavy atom. The van der Waals surface area contributed by atoms with Gasteiger partial charge in [-0.05, 0) is 18.2 Å². The third-order valence-electron chi connectivity index (χ3n) is 2.94. The Kier molecular flexibility index (Phi) is 5.27. The maximum atomic E-state index is 12.2. The van der Waals surface area contributed by atoms with Gasteiger partial charge in [0, 0.05) is 21.5 Å². The lowest BCUT2D eigenvalue weighted by atomic mass is 10.3. The van der Waals surface area contributed by atoms with E-state index in [0.29, 0.717) is 21.0 Å². The minimum Gasteiger partial charge on any atom is -0.369 e. The minimum atomic E-state index is -0.473. The first kappa shape index (κ1) is 17.3. The summed E-state index contributed by atoms with van der Waals surface area (Å²) < 4.78 is 0. The number of halogens is 1. The Hall–Kier alpha value is -2.49. The molecule has 0 unspecified atom stereocenters. The molecule has 0 bridgehead atoms. The van der Waals surface area contributed by atoms with Gasteiger partial charge in [-0.2, -0.15) is 0 Å². The van der Waals surface area contributed by atoms with Crippen molar-refractivity contribution in [2.24, 2.45) is 5.73 Å². The average Bonchev–Trinajstić information content (AvgIpc) is 3.16. The van der Waals surface area contributed by atoms with Gasteiger partial charge in [-0.25, -0.2) is 9.97 Å². The maximum absolute atomic E-state index is 12.2. The van der Waals surface area contributed by atoms with Crippen molar-refractivity contribution in [1.29, 1.82) is 0 Å². The van der Waals surface area contributed by atoms with Crippen molar-refractivity contribution in [3.8, 4) is 0 Å². The molecule has 25 heavy (non-hydrogen) atoms. The molecule has 0 saturated heterocycles. The van der Waals surface area contributed by atoms with Crippen LogP contribution in [0.2, 0.25) is 5.02 Å². The predicted octanol–water partition coefficient (Wildman–Crippen LogP) is 3.28. The van der Waals surface area contributed by atoms with E-state index < -0.39 is 5.91 Å². The van der Waals surface area contributed by atoms with Crippen LogP contribution >= 0.6 is 34.3 Å². The lowest BCUT2D eigenvalue weighted by Crippen LogP contribution is -2.14. The summed E-state index contributed by atoms with van der Waals surface area (Å²) in [4.78, 5) is 31.5. The summed E-state index contributed by atoms with van der Waals surface area (Å²) in [6.45, 7) is 0. The molecule has 3 rings (SSSR count). The second-order valence-electron chi connectivity index (χ2n) is 4.91. The molecule has 0 spiro atoms. The number of aromatic nitrogens is 2. The molecule has 128 valence electrons. The number of amides is 2. The lowest BCUT2D eigenvalue weighted by Gasteiger charge is -2.02. The molecule has 2 heterocycles. The highest BCUT2D eigenvalue weighted by Crippen LogP contribution is 2.24. The van der Waals surface area contributed by atoms with Gasteiger partial charge >= 0.3 is 0 Å². The highest BCUT2D eigenvalue weighted by molar-refractivity contribution is 7.14. The summed E-state index contributed by atoms with van der Waals surface area (Å²) in [6.07, 6.45) is 0.0385. The number of anilines is 3. The number of benzene rings is 1. The number of hydrogen-bond donors (Lipinski definition) is 3. The first-order valence-electron chi connectivity index (χ1n) is 7.02. The van der Waals surface area contributed by atoms with Crippen LogP contribution in [0.1, 0.15) is 16.2 Å². The van der Waals surface area contributed by atoms with Crippen molar-refractivity contribution in [3.63, 3.8) is 0 Å². The lowest BCUT2D eigenvalue weighted by molar-refractivity contribution is -0.117. The second-order valence-corrected chi connectivity index (χ2v) is 7.07. The summed E-state index contributed by atoms with van der Waals surface area (Å²) in [5.41, 5.74) is 6.69. The molecule has 0 saturated carbocycles. The van der Waals surface area contributed by atoms with Crippen molar-refractivity contribution in [3.05, 3.63) is 51.4 Å². The van der Waals surface area contributed by atoms with E-state index in [1.54, 1.807) is 22.9 Å². The highest BCUT2D eigenvalue weighted by atomic mass is 35.5. The van der Waals surface area contributed by atoms with Gasteiger partial charge in [0.15, 0.2) is 10.3 Å². The maximum Gasteiger partial charge on any atom is 0.276 e. The van der Waals surface area contributed by atoms with Gasteiger partial charge < -0.3 is 11.1 Å². The molecule has 2 amide bonds. The topological polar surface area (TPSA) is 110 Å². The Balaban J connectivity index is 1.64. The Morgan fingerprint density at radius 1 is 1.16 bits per heavy atom. The fourth-order valence-corrected chi connectivity index (χ4v) is 3.52. The zero-order valence-electron chi connectivity index (χ0n) is 12.7. The van der Waals surface area contributed by atoms with E-state index in [0.717, 1.165) is 5.69 Å². The van der Waals surface area contributed by atoms with E-state index in [1.165, 1.54) is 22.7 Å². The normalized spacial score (nSPS) is 10.4. The molecule has 0 fully saturated rings. The molecule has 3 aromatic rings. The van der Waals surface area contributed by atoms with E-state index in [4.69, 9.17) is 17.3 Å². The SMILES string of the molecule is NC(=O)Cc1csc(NC(=O)c2csc(Nc3cccc(Cl)c3)n2)n1. The molecule has 0 aliphatic carbocycles. The van der Waals surface area contributed by atoms with E-state index in [-0.39, 0.29) is 18.0 Å². The first-order chi connectivity index (χ1) is 12.0. The van der Waals surface area contributed by atoms with Crippen LogP contribution < -0.4 is 16.4 Å². The van der Waals surface area contributed by atoms with Crippen LogP contribution in [0.15, 0.2) is 35.0 Å². The number of hydrogen-bond acceptors (Lipinski definition) is 7. The number of nitrogens with zero attached hydrogens (tertiary/aromatic N) is 2. The number of thiazole rings is 2. The van der Waals surface area contributed by atoms with Gasteiger partial charge in [0.05, 0.1) is 12.1 Å². The van der Waals surface area contributed by atoms with E-state index in [9.17, 15) is 9.59 Å². The monoisotopic (exact) mass is 393 g/mol. The summed E-state index contributed by atoms with van der Waals surface area (Å²) in [6, 6.07) is 7.20. The average molecular weight is 394 g/mol. The van der Waals surface area contributed by atoms with E-state index in [1.807, 2.05) is 12.1 Å². The second kappa shape index (κ2) is 7.60. The van der Waals surface area contributed by atoms with Crippen molar-refractivity contribution in [2.45, 2.75) is 6.42 Å². The molecule has 7 nitrogen and oxygen atoms in total. The Bertz CT molecular complexity index is 924. The zero-order chi connectivity index (χ0) is 17.8. The van der Waals surface area contributed by atoms with Gasteiger partial charge in [0.25, 0.3) is 5.91 Å². The number of rotatable bonds is 6. The van der Waals surface area contributed by atoms with Crippen LogP contribution in [0.3, 0.4) is 0 Å². The number of carbonyl (C=O) groups is 2. The van der Waals surface area contributed by atoms with Gasteiger partial charge in [0.1, 0.15) is 5.69 Å². The van der Waals surface area contributed by atoms with Gasteiger partial charge in [-0.15, -0.1) is 22.7 Å². The van der Waals surface area contributed by atoms with Crippen LogP contribution in [-0.2, 0) is 11.2 Å². The van der Waals surface area contributed by atoms with Gasteiger partial charge in [0.2, 0.25) is 5.91 Å². The van der Waals surface area contributed by atoms with Crippen molar-refractivity contribution in [2.75, 3.05) is 10.6 Å². The fourth-order valence-electron chi connectivity index (χ4n) is 1.91. The van der Waals surface area contributed by atoms with Crippen LogP contribution in [-0.4, -0.2) is 21.8 Å². The zero-order valence-corrected chi connectivity index (χ0v) is 15.0. The summed E-state index contributed by atoms with van der Waals surface area (Å²) in [5.74, 6) is -0.852. The van der Waals surface area contributed by atoms with Crippen molar-refractivity contribution in [1.82, 2.24) is 9.97 Å². The largest absolute Gasteiger partial charge is 0.369 e. The smallest absolute Gasteiger partial charge is 0.276 e. The molecule has 0 aliphatic heterocycles. The summed E-state index contributed by atoms with van der Waals surface area (Å²) >= 11 is 8.45. The number of nitrogens with two attached hydrogens (primary N) is 1. The Morgan fingerprint density at radius 3 is 2.72 bits per heavy atom. The summed E-state index contributed by atoms with van der Waals surface area (Å²) in [7, 11) is 0. The van der Waals surface area contributed by atoms with Crippen LogP contribution in [0.5, 0.6) is 0 Å². The standard InChI is InChI=1S/C15H12ClN5O2S2/c16-8-2-1-3-9(4-8)18-14-20-11(7-25-14)13(23)21-15-19-10(6-24-15)5-12(17)22/h1-4,6-7H,5H2,(H2,17,22)(H,18,20)(H,19,21,23). The number of carbonyl (C=O) groups excluding carboxylic acids is 2. The van der Waals surface area contributed by atoms with Crippen molar-refractivity contribution < 1.29 is 9.59 Å². The third-order valence-corrected chi connectivity index (χ3v) is 4.74. The third kappa shape index (κ3) is 4.75. The molecule has 0 atom stereocenters. The highest BCUT2D eigenvalue weighted by Gasteiger charge is 2.14. The predicted molar refractivity (Wildman–Crippen MR) is 99.8 cm³/mol. The molecular formula is C15H12ClN5O2S2. The molecule has 0 aliphatic rings. The molecule has 10 heteroatoms. The van der Waals surface area contributed by atoms with Crippen LogP contribution in [0.25, 0.3) is 0 Å². The Labute approximate surface area is 155 Å². The van der Waals surface area contributed by atoms with Crippen LogP contribution in [0.4, 0.5) is 16.0 Å². The molecular weight excluding hydrogens is 382 g/mol. The minimum absolute atomic E-state index is 0.0385. The first-order valence-corrected chi connectivity index (χ1v) is 9.15. The molecule has 4 N–H and O–H groups in total. The molecule has 0 radical (unpaired) electrons. The quantitative estimate of drug-likeness (QED) is 0.595. The van der Waals surface area contributed by atoms with Crippen LogP contribution in [0, 0.1) is 0 Å².